The number of phenols is 1. The molecule has 0 unspecified atom stereocenters. The molecule has 118 valence electrons. The number of aromatic nitrogens is 1. The largest absolute Gasteiger partial charge is 0.506 e. The van der Waals surface area contributed by atoms with Crippen molar-refractivity contribution in [3.05, 3.63) is 69.3 Å². The molecule has 0 radical (unpaired) electrons. The standard InChI is InChI=1S/C18H10Cl2N2O2/c19-12-6-10(18(24)15(20)7-12)5-11(8-21)17(23)14-9-22-16-4-2-1-3-13(14)16/h1-7,9,22,24H/b11-5+. The minimum absolute atomic E-state index is 0.0468. The number of H-pyrrole nitrogens is 1. The number of benzene rings is 2. The van der Waals surface area contributed by atoms with Crippen molar-refractivity contribution in [2.75, 3.05) is 0 Å². The number of para-hydroxylation sites is 1. The van der Waals surface area contributed by atoms with Crippen LogP contribution >= 0.6 is 23.2 Å². The van der Waals surface area contributed by atoms with Crippen LogP contribution < -0.4 is 0 Å². The summed E-state index contributed by atoms with van der Waals surface area (Å²) in [6.07, 6.45) is 2.83. The molecule has 0 atom stereocenters. The van der Waals surface area contributed by atoms with Crippen molar-refractivity contribution in [3.8, 4) is 11.8 Å². The van der Waals surface area contributed by atoms with Crippen molar-refractivity contribution in [1.82, 2.24) is 4.98 Å². The summed E-state index contributed by atoms with van der Waals surface area (Å²) in [4.78, 5) is 15.7. The molecule has 4 nitrogen and oxygen atoms in total. The van der Waals surface area contributed by atoms with E-state index in [1.807, 2.05) is 24.3 Å². The van der Waals surface area contributed by atoms with Crippen molar-refractivity contribution >= 4 is 46.0 Å². The van der Waals surface area contributed by atoms with Gasteiger partial charge in [0.15, 0.2) is 0 Å². The number of carbonyl (C=O) groups excluding carboxylic acids is 1. The number of hydrogen-bond donors (Lipinski definition) is 2. The molecule has 0 aliphatic carbocycles. The van der Waals surface area contributed by atoms with E-state index in [9.17, 15) is 15.2 Å². The third kappa shape index (κ3) is 2.88. The molecule has 1 heterocycles. The van der Waals surface area contributed by atoms with Crippen LogP contribution in [0.5, 0.6) is 5.75 Å². The maximum atomic E-state index is 12.7. The van der Waals surface area contributed by atoms with E-state index in [0.29, 0.717) is 10.6 Å². The van der Waals surface area contributed by atoms with Gasteiger partial charge in [0.25, 0.3) is 0 Å². The predicted molar refractivity (Wildman–Crippen MR) is 94.3 cm³/mol. The van der Waals surface area contributed by atoms with E-state index >= 15 is 0 Å². The molecule has 0 aliphatic rings. The number of Topliss-reactive ketones (excluding diaryl/α,β-unsaturated/α-hetero) is 1. The van der Waals surface area contributed by atoms with Crippen molar-refractivity contribution in [2.45, 2.75) is 0 Å². The molecule has 0 fully saturated rings. The maximum Gasteiger partial charge on any atom is 0.205 e. The van der Waals surface area contributed by atoms with Gasteiger partial charge >= 0.3 is 0 Å². The average molecular weight is 357 g/mol. The second-order valence-corrected chi connectivity index (χ2v) is 5.92. The summed E-state index contributed by atoms with van der Waals surface area (Å²) in [5, 5.41) is 20.4. The minimum Gasteiger partial charge on any atom is -0.506 e. The molecule has 0 saturated heterocycles. The number of ketones is 1. The van der Waals surface area contributed by atoms with Gasteiger partial charge in [0.2, 0.25) is 5.78 Å². The van der Waals surface area contributed by atoms with E-state index in [0.717, 1.165) is 10.9 Å². The van der Waals surface area contributed by atoms with Gasteiger partial charge < -0.3 is 10.1 Å². The Morgan fingerprint density at radius 1 is 1.25 bits per heavy atom. The molecular weight excluding hydrogens is 347 g/mol. The van der Waals surface area contributed by atoms with Crippen molar-refractivity contribution < 1.29 is 9.90 Å². The first-order valence-electron chi connectivity index (χ1n) is 6.92. The van der Waals surface area contributed by atoms with Gasteiger partial charge in [0.05, 0.1) is 5.02 Å². The smallest absolute Gasteiger partial charge is 0.205 e. The molecule has 3 aromatic rings. The molecule has 0 spiro atoms. The van der Waals surface area contributed by atoms with Gasteiger partial charge in [-0.15, -0.1) is 0 Å². The van der Waals surface area contributed by atoms with Crippen LogP contribution in [0.25, 0.3) is 17.0 Å². The zero-order valence-corrected chi connectivity index (χ0v) is 13.7. The SMILES string of the molecule is N#C/C(=C\c1cc(Cl)cc(Cl)c1O)C(=O)c1c[nH]c2ccccc12. The first-order chi connectivity index (χ1) is 11.5. The fraction of sp³-hybridized carbons (Fsp3) is 0. The van der Waals surface area contributed by atoms with Crippen LogP contribution in [0.2, 0.25) is 10.0 Å². The summed E-state index contributed by atoms with van der Waals surface area (Å²) in [7, 11) is 0. The lowest BCUT2D eigenvalue weighted by molar-refractivity contribution is 0.104. The molecule has 2 aromatic carbocycles. The highest BCUT2D eigenvalue weighted by molar-refractivity contribution is 6.36. The molecule has 0 saturated carbocycles. The highest BCUT2D eigenvalue weighted by Crippen LogP contribution is 2.33. The quantitative estimate of drug-likeness (QED) is 0.395. The van der Waals surface area contributed by atoms with Crippen LogP contribution in [0.1, 0.15) is 15.9 Å². The summed E-state index contributed by atoms with van der Waals surface area (Å²) in [6, 6.07) is 12.0. The molecule has 0 bridgehead atoms. The van der Waals surface area contributed by atoms with Crippen LogP contribution in [0, 0.1) is 11.3 Å². The Morgan fingerprint density at radius 3 is 2.75 bits per heavy atom. The number of nitrogens with one attached hydrogen (secondary N) is 1. The second-order valence-electron chi connectivity index (χ2n) is 5.07. The number of hydrogen-bond acceptors (Lipinski definition) is 3. The van der Waals surface area contributed by atoms with E-state index in [4.69, 9.17) is 23.2 Å². The summed E-state index contributed by atoms with van der Waals surface area (Å²) >= 11 is 11.8. The Balaban J connectivity index is 2.09. The molecule has 0 amide bonds. The summed E-state index contributed by atoms with van der Waals surface area (Å²) in [5.41, 5.74) is 1.25. The highest BCUT2D eigenvalue weighted by Gasteiger charge is 2.17. The monoisotopic (exact) mass is 356 g/mol. The van der Waals surface area contributed by atoms with E-state index < -0.39 is 5.78 Å². The van der Waals surface area contributed by atoms with Crippen LogP contribution in [0.4, 0.5) is 0 Å². The summed E-state index contributed by atoms with van der Waals surface area (Å²) in [5.74, 6) is -0.689. The second kappa shape index (κ2) is 6.40. The Hall–Kier alpha value is -2.74. The minimum atomic E-state index is -0.453. The molecule has 6 heteroatoms. The van der Waals surface area contributed by atoms with Crippen molar-refractivity contribution in [2.24, 2.45) is 0 Å². The van der Waals surface area contributed by atoms with Crippen LogP contribution in [0.3, 0.4) is 0 Å². The first-order valence-corrected chi connectivity index (χ1v) is 7.67. The molecule has 1 aromatic heterocycles. The molecule has 3 rings (SSSR count). The average Bonchev–Trinajstić information content (AvgIpc) is 3.00. The Kier molecular flexibility index (Phi) is 4.30. The predicted octanol–water partition coefficient (Wildman–Crippen LogP) is 4.97. The lowest BCUT2D eigenvalue weighted by atomic mass is 10.0. The number of allylic oxidation sites excluding steroid dienone is 1. The van der Waals surface area contributed by atoms with E-state index in [1.165, 1.54) is 18.2 Å². The number of aromatic hydroxyl groups is 1. The number of aromatic amines is 1. The lowest BCUT2D eigenvalue weighted by Gasteiger charge is -2.04. The zero-order valence-electron chi connectivity index (χ0n) is 12.2. The third-order valence-corrected chi connectivity index (χ3v) is 4.06. The fourth-order valence-corrected chi connectivity index (χ4v) is 2.91. The fourth-order valence-electron chi connectivity index (χ4n) is 2.40. The topological polar surface area (TPSA) is 76.9 Å². The molecule has 24 heavy (non-hydrogen) atoms. The van der Waals surface area contributed by atoms with Gasteiger partial charge in [-0.3, -0.25) is 4.79 Å². The van der Waals surface area contributed by atoms with E-state index in [2.05, 4.69) is 4.98 Å². The zero-order chi connectivity index (χ0) is 17.3. The number of fused-ring (bicyclic) bond motifs is 1. The maximum absolute atomic E-state index is 12.7. The summed E-state index contributed by atoms with van der Waals surface area (Å²) < 4.78 is 0. The number of phenolic OH excluding ortho intramolecular Hbond substituents is 1. The number of nitriles is 1. The van der Waals surface area contributed by atoms with Gasteiger partial charge in [0, 0.05) is 33.2 Å². The van der Waals surface area contributed by atoms with Gasteiger partial charge in [0.1, 0.15) is 17.4 Å². The lowest BCUT2D eigenvalue weighted by Crippen LogP contribution is -2.01. The van der Waals surface area contributed by atoms with Crippen molar-refractivity contribution in [3.63, 3.8) is 0 Å². The van der Waals surface area contributed by atoms with E-state index in [-0.39, 0.29) is 21.9 Å². The van der Waals surface area contributed by atoms with Gasteiger partial charge in [-0.1, -0.05) is 41.4 Å². The highest BCUT2D eigenvalue weighted by atomic mass is 35.5. The third-order valence-electron chi connectivity index (χ3n) is 3.56. The number of rotatable bonds is 3. The number of nitrogens with zero attached hydrogens (tertiary/aromatic N) is 1. The van der Waals surface area contributed by atoms with Gasteiger partial charge in [-0.25, -0.2) is 0 Å². The molecule has 0 aliphatic heterocycles. The van der Waals surface area contributed by atoms with Crippen LogP contribution in [-0.4, -0.2) is 15.9 Å². The Bertz CT molecular complexity index is 1030. The summed E-state index contributed by atoms with van der Waals surface area (Å²) in [6.45, 7) is 0. The Labute approximate surface area is 147 Å². The van der Waals surface area contributed by atoms with Crippen LogP contribution in [0.15, 0.2) is 48.2 Å². The molecule has 2 N–H and O–H groups in total. The molecular formula is C18H10Cl2N2O2. The number of halogens is 2. The first kappa shape index (κ1) is 16.1. The van der Waals surface area contributed by atoms with Crippen LogP contribution in [-0.2, 0) is 0 Å². The normalized spacial score (nSPS) is 11.5. The van der Waals surface area contributed by atoms with Gasteiger partial charge in [-0.2, -0.15) is 5.26 Å². The van der Waals surface area contributed by atoms with E-state index in [1.54, 1.807) is 12.3 Å². The number of carbonyl (C=O) groups is 1. The van der Waals surface area contributed by atoms with Crippen molar-refractivity contribution in [1.29, 1.82) is 5.26 Å². The Morgan fingerprint density at radius 2 is 2.00 bits per heavy atom. The van der Waals surface area contributed by atoms with Gasteiger partial charge in [-0.05, 0) is 24.3 Å².